The molecule has 0 saturated carbocycles. The quantitative estimate of drug-likeness (QED) is 0.794. The first-order chi connectivity index (χ1) is 6.13. The molecule has 2 nitrogen and oxygen atoms in total. The summed E-state index contributed by atoms with van der Waals surface area (Å²) < 4.78 is 39.9. The highest BCUT2D eigenvalue weighted by Crippen LogP contribution is 2.22. The molecule has 0 heterocycles. The second-order valence-corrected chi connectivity index (χ2v) is 2.19. The van der Waals surface area contributed by atoms with Crippen LogP contribution in [-0.4, -0.2) is 11.7 Å². The number of hydrogen-bond donors (Lipinski definition) is 1. The van der Waals surface area contributed by atoms with Crippen LogP contribution in [0.1, 0.15) is 5.56 Å². The second kappa shape index (κ2) is 4.13. The Labute approximate surface area is 72.6 Å². The van der Waals surface area contributed by atoms with E-state index >= 15 is 0 Å². The van der Waals surface area contributed by atoms with Gasteiger partial charge in [-0.25, -0.2) is 4.39 Å². The van der Waals surface area contributed by atoms with Crippen molar-refractivity contribution >= 4 is 0 Å². The Hall–Kier alpha value is -1.23. The molecule has 0 unspecified atom stereocenters. The number of aliphatic hydroxyl groups is 1. The molecule has 0 bridgehead atoms. The van der Waals surface area contributed by atoms with E-state index < -0.39 is 12.4 Å². The fourth-order valence-corrected chi connectivity index (χ4v) is 0.824. The lowest BCUT2D eigenvalue weighted by molar-refractivity contribution is -0.0504. The van der Waals surface area contributed by atoms with Crippen LogP contribution < -0.4 is 4.74 Å². The molecule has 0 aliphatic rings. The third-order valence-corrected chi connectivity index (χ3v) is 1.33. The SMILES string of the molecule is O[CH]c1cc(F)ccc1OC(F)F. The molecule has 0 atom stereocenters. The van der Waals surface area contributed by atoms with Gasteiger partial charge in [0.1, 0.15) is 18.2 Å². The average molecular weight is 191 g/mol. The van der Waals surface area contributed by atoms with E-state index in [1.165, 1.54) is 0 Å². The van der Waals surface area contributed by atoms with Crippen LogP contribution in [0, 0.1) is 12.4 Å². The van der Waals surface area contributed by atoms with Crippen LogP contribution in [-0.2, 0) is 0 Å². The van der Waals surface area contributed by atoms with Crippen molar-refractivity contribution in [2.24, 2.45) is 0 Å². The molecular formula is C8H6F3O2. The molecule has 1 aromatic rings. The predicted molar refractivity (Wildman–Crippen MR) is 38.4 cm³/mol. The third-order valence-electron chi connectivity index (χ3n) is 1.33. The summed E-state index contributed by atoms with van der Waals surface area (Å²) in [5, 5.41) is 8.54. The van der Waals surface area contributed by atoms with Gasteiger partial charge in [0.05, 0.1) is 0 Å². The first kappa shape index (κ1) is 9.85. The first-order valence-electron chi connectivity index (χ1n) is 3.35. The average Bonchev–Trinajstić information content (AvgIpc) is 2.07. The standard InChI is InChI=1S/C8H6F3O2/c9-6-1-2-7(13-8(10)11)5(3-6)4-12/h1-4,8,12H. The van der Waals surface area contributed by atoms with E-state index in [0.717, 1.165) is 18.2 Å². The van der Waals surface area contributed by atoms with Gasteiger partial charge in [0.25, 0.3) is 0 Å². The first-order valence-corrected chi connectivity index (χ1v) is 3.35. The maximum absolute atomic E-state index is 12.5. The minimum atomic E-state index is -3.00. The van der Waals surface area contributed by atoms with E-state index in [9.17, 15) is 13.2 Å². The summed E-state index contributed by atoms with van der Waals surface area (Å²) in [6, 6.07) is 2.87. The van der Waals surface area contributed by atoms with Crippen LogP contribution >= 0.6 is 0 Å². The van der Waals surface area contributed by atoms with Gasteiger partial charge in [0.2, 0.25) is 0 Å². The van der Waals surface area contributed by atoms with E-state index in [1.54, 1.807) is 0 Å². The van der Waals surface area contributed by atoms with Crippen molar-refractivity contribution in [1.82, 2.24) is 0 Å². The lowest BCUT2D eigenvalue weighted by Crippen LogP contribution is -2.04. The summed E-state index contributed by atoms with van der Waals surface area (Å²) in [4.78, 5) is 0. The normalized spacial score (nSPS) is 10.5. The maximum atomic E-state index is 12.5. The van der Waals surface area contributed by atoms with Crippen molar-refractivity contribution in [2.45, 2.75) is 6.61 Å². The maximum Gasteiger partial charge on any atom is 0.387 e. The number of benzene rings is 1. The van der Waals surface area contributed by atoms with Crippen molar-refractivity contribution in [3.8, 4) is 5.75 Å². The van der Waals surface area contributed by atoms with Gasteiger partial charge >= 0.3 is 6.61 Å². The van der Waals surface area contributed by atoms with E-state index in [2.05, 4.69) is 4.74 Å². The zero-order chi connectivity index (χ0) is 9.84. The summed E-state index contributed by atoms with van der Waals surface area (Å²) in [6.45, 7) is -2.50. The van der Waals surface area contributed by atoms with Gasteiger partial charge in [-0.3, -0.25) is 0 Å². The summed E-state index contributed by atoms with van der Waals surface area (Å²) in [6.07, 6.45) is 0. The molecule has 0 aliphatic carbocycles. The van der Waals surface area contributed by atoms with E-state index in [1.807, 2.05) is 0 Å². The lowest BCUT2D eigenvalue weighted by Gasteiger charge is -2.07. The second-order valence-electron chi connectivity index (χ2n) is 2.19. The van der Waals surface area contributed by atoms with Gasteiger partial charge < -0.3 is 9.84 Å². The molecule has 0 saturated heterocycles. The number of ether oxygens (including phenoxy) is 1. The Kier molecular flexibility index (Phi) is 3.13. The molecule has 13 heavy (non-hydrogen) atoms. The highest BCUT2D eigenvalue weighted by Gasteiger charge is 2.09. The van der Waals surface area contributed by atoms with E-state index in [-0.39, 0.29) is 11.3 Å². The molecule has 1 radical (unpaired) electrons. The fourth-order valence-electron chi connectivity index (χ4n) is 0.824. The predicted octanol–water partition coefficient (Wildman–Crippen LogP) is 2.31. The largest absolute Gasteiger partial charge is 0.434 e. The fraction of sp³-hybridized carbons (Fsp3) is 0.125. The van der Waals surface area contributed by atoms with E-state index in [0.29, 0.717) is 6.61 Å². The Morgan fingerprint density at radius 3 is 2.62 bits per heavy atom. The minimum Gasteiger partial charge on any atom is -0.434 e. The van der Waals surface area contributed by atoms with Gasteiger partial charge in [0, 0.05) is 5.56 Å². The van der Waals surface area contributed by atoms with Gasteiger partial charge in [-0.2, -0.15) is 8.78 Å². The number of hydrogen-bond acceptors (Lipinski definition) is 2. The highest BCUT2D eigenvalue weighted by molar-refractivity contribution is 5.37. The van der Waals surface area contributed by atoms with Crippen molar-refractivity contribution < 1.29 is 23.0 Å². The Balaban J connectivity index is 2.92. The molecular weight excluding hydrogens is 185 g/mol. The summed E-state index contributed by atoms with van der Waals surface area (Å²) in [5.41, 5.74) is -0.125. The van der Waals surface area contributed by atoms with Crippen molar-refractivity contribution in [1.29, 1.82) is 0 Å². The summed E-state index contributed by atoms with van der Waals surface area (Å²) in [7, 11) is 0. The molecule has 0 amide bonds. The minimum absolute atomic E-state index is 0.125. The number of aliphatic hydroxyl groups excluding tert-OH is 1. The van der Waals surface area contributed by atoms with Crippen LogP contribution in [0.2, 0.25) is 0 Å². The number of halogens is 3. The topological polar surface area (TPSA) is 29.5 Å². The number of alkyl halides is 2. The molecule has 0 aromatic heterocycles. The molecule has 1 N–H and O–H groups in total. The van der Waals surface area contributed by atoms with Crippen LogP contribution in [0.15, 0.2) is 18.2 Å². The number of rotatable bonds is 3. The Morgan fingerprint density at radius 2 is 2.08 bits per heavy atom. The lowest BCUT2D eigenvalue weighted by atomic mass is 10.2. The van der Waals surface area contributed by atoms with Gasteiger partial charge in [-0.1, -0.05) is 0 Å². The molecule has 0 aliphatic heterocycles. The molecule has 0 spiro atoms. The van der Waals surface area contributed by atoms with Crippen molar-refractivity contribution in [3.05, 3.63) is 36.2 Å². The monoisotopic (exact) mass is 191 g/mol. The molecule has 0 fully saturated rings. The van der Waals surface area contributed by atoms with Gasteiger partial charge in [0.15, 0.2) is 0 Å². The molecule has 71 valence electrons. The van der Waals surface area contributed by atoms with Crippen molar-refractivity contribution in [2.75, 3.05) is 0 Å². The Bertz CT molecular complexity index is 289. The van der Waals surface area contributed by atoms with Gasteiger partial charge in [-0.05, 0) is 18.2 Å². The molecule has 1 aromatic carbocycles. The zero-order valence-corrected chi connectivity index (χ0v) is 6.38. The smallest absolute Gasteiger partial charge is 0.387 e. The Morgan fingerprint density at radius 1 is 1.38 bits per heavy atom. The zero-order valence-electron chi connectivity index (χ0n) is 6.38. The highest BCUT2D eigenvalue weighted by atomic mass is 19.3. The van der Waals surface area contributed by atoms with Crippen LogP contribution in [0.3, 0.4) is 0 Å². The van der Waals surface area contributed by atoms with Crippen LogP contribution in [0.5, 0.6) is 5.75 Å². The molecule has 1 rings (SSSR count). The van der Waals surface area contributed by atoms with Crippen LogP contribution in [0.4, 0.5) is 13.2 Å². The summed E-state index contributed by atoms with van der Waals surface area (Å²) >= 11 is 0. The van der Waals surface area contributed by atoms with E-state index in [4.69, 9.17) is 5.11 Å². The molecule has 5 heteroatoms. The van der Waals surface area contributed by atoms with Gasteiger partial charge in [-0.15, -0.1) is 0 Å². The van der Waals surface area contributed by atoms with Crippen molar-refractivity contribution in [3.63, 3.8) is 0 Å². The summed E-state index contributed by atoms with van der Waals surface area (Å²) in [5.74, 6) is -0.902. The third kappa shape index (κ3) is 2.62. The van der Waals surface area contributed by atoms with Crippen LogP contribution in [0.25, 0.3) is 0 Å².